The van der Waals surface area contributed by atoms with Gasteiger partial charge in [-0.1, -0.05) is 0 Å². The Hall–Kier alpha value is 0.540. The van der Waals surface area contributed by atoms with Gasteiger partial charge in [0.1, 0.15) is 4.84 Å². The maximum Gasteiger partial charge on any atom is 0.115 e. The Balaban J connectivity index is 2.14. The summed E-state index contributed by atoms with van der Waals surface area (Å²) in [4.78, 5) is -0.228. The fourth-order valence-corrected chi connectivity index (χ4v) is 0.690. The van der Waals surface area contributed by atoms with Gasteiger partial charge in [0.2, 0.25) is 0 Å². The second kappa shape index (κ2) is 2.21. The predicted octanol–water partition coefficient (Wildman–Crippen LogP) is 1.44. The Morgan fingerprint density at radius 1 is 1.43 bits per heavy atom. The van der Waals surface area contributed by atoms with Crippen LogP contribution in [0.2, 0.25) is 0 Å². The molecule has 1 aliphatic rings. The van der Waals surface area contributed by atoms with Crippen molar-refractivity contribution in [3.8, 4) is 0 Å². The van der Waals surface area contributed by atoms with Gasteiger partial charge >= 0.3 is 0 Å². The molecule has 0 aliphatic carbocycles. The molecule has 0 N–H and O–H groups in total. The van der Waals surface area contributed by atoms with Crippen LogP contribution >= 0.6 is 23.2 Å². The van der Waals surface area contributed by atoms with E-state index in [-0.39, 0.29) is 4.84 Å². The smallest absolute Gasteiger partial charge is 0.115 e. The zero-order chi connectivity index (χ0) is 5.28. The lowest BCUT2D eigenvalue weighted by atomic mass is 10.1. The summed E-state index contributed by atoms with van der Waals surface area (Å²) in [5, 5.41) is 0. The van der Waals surface area contributed by atoms with E-state index in [1.54, 1.807) is 0 Å². The van der Waals surface area contributed by atoms with Crippen LogP contribution in [0.15, 0.2) is 0 Å². The molecule has 1 nitrogen and oxygen atoms in total. The van der Waals surface area contributed by atoms with Crippen molar-refractivity contribution in [1.82, 2.24) is 0 Å². The molecule has 1 saturated heterocycles. The lowest BCUT2D eigenvalue weighted by Gasteiger charge is -2.26. The van der Waals surface area contributed by atoms with Gasteiger partial charge in [0.25, 0.3) is 0 Å². The zero-order valence-electron chi connectivity index (χ0n) is 3.73. The molecule has 1 rings (SSSR count). The molecule has 42 valence electrons. The van der Waals surface area contributed by atoms with E-state index in [9.17, 15) is 0 Å². The van der Waals surface area contributed by atoms with Crippen molar-refractivity contribution in [3.63, 3.8) is 0 Å². The molecule has 0 bridgehead atoms. The van der Waals surface area contributed by atoms with Crippen molar-refractivity contribution in [2.45, 2.75) is 4.84 Å². The van der Waals surface area contributed by atoms with Crippen LogP contribution in [0, 0.1) is 5.92 Å². The second-order valence-electron chi connectivity index (χ2n) is 1.63. The predicted molar refractivity (Wildman–Crippen MR) is 29.8 cm³/mol. The highest BCUT2D eigenvalue weighted by molar-refractivity contribution is 6.44. The highest BCUT2D eigenvalue weighted by atomic mass is 35.5. The van der Waals surface area contributed by atoms with Crippen LogP contribution in [-0.4, -0.2) is 18.1 Å². The van der Waals surface area contributed by atoms with Gasteiger partial charge in [-0.2, -0.15) is 0 Å². The molecule has 1 heterocycles. The lowest BCUT2D eigenvalue weighted by Crippen LogP contribution is -2.32. The van der Waals surface area contributed by atoms with Crippen molar-refractivity contribution >= 4 is 23.2 Å². The molecular weight excluding hydrogens is 135 g/mol. The fraction of sp³-hybridized carbons (Fsp3) is 1.00. The van der Waals surface area contributed by atoms with E-state index < -0.39 is 0 Å². The van der Waals surface area contributed by atoms with Crippen molar-refractivity contribution in [2.75, 3.05) is 13.2 Å². The first-order valence-electron chi connectivity index (χ1n) is 2.16. The average molecular weight is 141 g/mol. The van der Waals surface area contributed by atoms with E-state index in [1.165, 1.54) is 0 Å². The van der Waals surface area contributed by atoms with Crippen LogP contribution in [0.3, 0.4) is 0 Å². The van der Waals surface area contributed by atoms with Crippen LogP contribution in [0.4, 0.5) is 0 Å². The van der Waals surface area contributed by atoms with Crippen LogP contribution in [-0.2, 0) is 4.74 Å². The van der Waals surface area contributed by atoms with E-state index in [0.29, 0.717) is 5.92 Å². The Kier molecular flexibility index (Phi) is 1.79. The molecule has 0 aromatic rings. The minimum atomic E-state index is -0.228. The summed E-state index contributed by atoms with van der Waals surface area (Å²) in [7, 11) is 0. The molecule has 0 aromatic carbocycles. The summed E-state index contributed by atoms with van der Waals surface area (Å²) in [6, 6.07) is 0. The molecule has 0 amide bonds. The molecule has 1 fully saturated rings. The van der Waals surface area contributed by atoms with E-state index in [0.717, 1.165) is 13.2 Å². The number of rotatable bonds is 1. The van der Waals surface area contributed by atoms with Gasteiger partial charge in [0.15, 0.2) is 0 Å². The second-order valence-corrected chi connectivity index (χ2v) is 2.80. The van der Waals surface area contributed by atoms with E-state index >= 15 is 0 Å². The van der Waals surface area contributed by atoms with Gasteiger partial charge in [-0.25, -0.2) is 0 Å². The first kappa shape index (κ1) is 5.67. The minimum absolute atomic E-state index is 0.228. The zero-order valence-corrected chi connectivity index (χ0v) is 5.24. The van der Waals surface area contributed by atoms with Crippen molar-refractivity contribution in [3.05, 3.63) is 0 Å². The van der Waals surface area contributed by atoms with E-state index in [1.807, 2.05) is 0 Å². The third-order valence-electron chi connectivity index (χ3n) is 1.02. The maximum atomic E-state index is 5.47. The summed E-state index contributed by atoms with van der Waals surface area (Å²) in [6.07, 6.45) is 0. The summed E-state index contributed by atoms with van der Waals surface area (Å²) in [6.45, 7) is 1.47. The normalized spacial score (nSPS) is 22.7. The molecule has 3 heteroatoms. The number of alkyl halides is 2. The van der Waals surface area contributed by atoms with Gasteiger partial charge in [-0.15, -0.1) is 23.2 Å². The van der Waals surface area contributed by atoms with Gasteiger partial charge < -0.3 is 4.74 Å². The third-order valence-corrected chi connectivity index (χ3v) is 1.73. The molecule has 0 radical (unpaired) electrons. The summed E-state index contributed by atoms with van der Waals surface area (Å²) >= 11 is 10.9. The molecule has 1 aliphatic heterocycles. The van der Waals surface area contributed by atoms with Crippen LogP contribution < -0.4 is 0 Å². The summed E-state index contributed by atoms with van der Waals surface area (Å²) in [5.41, 5.74) is 0. The highest BCUT2D eigenvalue weighted by Crippen LogP contribution is 2.21. The maximum absolute atomic E-state index is 5.47. The topological polar surface area (TPSA) is 9.23 Å². The first-order valence-corrected chi connectivity index (χ1v) is 3.04. The van der Waals surface area contributed by atoms with Gasteiger partial charge in [-0.05, 0) is 0 Å². The Morgan fingerprint density at radius 3 is 2.00 bits per heavy atom. The number of ether oxygens (including phenoxy) is 1. The number of hydrogen-bond donors (Lipinski definition) is 0. The number of hydrogen-bond acceptors (Lipinski definition) is 1. The quantitative estimate of drug-likeness (QED) is 0.502. The van der Waals surface area contributed by atoms with E-state index in [4.69, 9.17) is 27.9 Å². The molecular formula is C4H6Cl2O. The Labute approximate surface area is 52.5 Å². The monoisotopic (exact) mass is 140 g/mol. The third kappa shape index (κ3) is 1.21. The summed E-state index contributed by atoms with van der Waals surface area (Å²) in [5.74, 6) is 0.392. The molecule has 0 saturated carbocycles. The van der Waals surface area contributed by atoms with Crippen LogP contribution in [0.5, 0.6) is 0 Å². The standard InChI is InChI=1S/C4H6Cl2O/c5-4(6)3-1-7-2-3/h3-4H,1-2H2. The van der Waals surface area contributed by atoms with Crippen LogP contribution in [0.25, 0.3) is 0 Å². The summed E-state index contributed by atoms with van der Waals surface area (Å²) < 4.78 is 4.83. The van der Waals surface area contributed by atoms with Gasteiger partial charge in [0.05, 0.1) is 13.2 Å². The first-order chi connectivity index (χ1) is 3.30. The fourth-order valence-electron chi connectivity index (χ4n) is 0.399. The Morgan fingerprint density at radius 2 is 2.00 bits per heavy atom. The molecule has 0 atom stereocenters. The molecule has 0 unspecified atom stereocenters. The van der Waals surface area contributed by atoms with Crippen LogP contribution in [0.1, 0.15) is 0 Å². The number of halogens is 2. The van der Waals surface area contributed by atoms with Crippen molar-refractivity contribution in [2.24, 2.45) is 5.92 Å². The Bertz CT molecular complexity index is 60.7. The lowest BCUT2D eigenvalue weighted by molar-refractivity contribution is -0.0248. The van der Waals surface area contributed by atoms with Crippen molar-refractivity contribution in [1.29, 1.82) is 0 Å². The average Bonchev–Trinajstić information content (AvgIpc) is 1.23. The molecule has 0 aromatic heterocycles. The van der Waals surface area contributed by atoms with Crippen molar-refractivity contribution < 1.29 is 4.74 Å². The van der Waals surface area contributed by atoms with Gasteiger partial charge in [-0.3, -0.25) is 0 Å². The molecule has 0 spiro atoms. The SMILES string of the molecule is ClC(Cl)C1COC1. The molecule has 7 heavy (non-hydrogen) atoms. The van der Waals surface area contributed by atoms with E-state index in [2.05, 4.69) is 0 Å². The van der Waals surface area contributed by atoms with Gasteiger partial charge in [0, 0.05) is 5.92 Å². The minimum Gasteiger partial charge on any atom is -0.380 e. The highest BCUT2D eigenvalue weighted by Gasteiger charge is 2.24. The largest absolute Gasteiger partial charge is 0.380 e.